The van der Waals surface area contributed by atoms with Crippen molar-refractivity contribution in [2.24, 2.45) is 13.5 Å². The van der Waals surface area contributed by atoms with Crippen molar-refractivity contribution in [1.29, 1.82) is 0 Å². The molecular weight excluding hydrogens is 687 g/mol. The van der Waals surface area contributed by atoms with Crippen molar-refractivity contribution in [2.75, 3.05) is 0 Å². The minimum Gasteiger partial charge on any atom is -0.413 e. The average Bonchev–Trinajstić information content (AvgIpc) is 3.14. The van der Waals surface area contributed by atoms with Gasteiger partial charge in [0.2, 0.25) is 0 Å². The fourth-order valence-electron chi connectivity index (χ4n) is 4.47. The fourth-order valence-corrected chi connectivity index (χ4v) is 13.5. The number of para-hydroxylation sites is 6. The molecule has 1 aliphatic heterocycles. The van der Waals surface area contributed by atoms with Crippen molar-refractivity contribution < 1.29 is 27.1 Å². The van der Waals surface area contributed by atoms with E-state index < -0.39 is 23.0 Å². The molecule has 0 radical (unpaired) electrons. The van der Waals surface area contributed by atoms with Crippen LogP contribution in [0.2, 0.25) is 0 Å². The van der Waals surface area contributed by atoms with Crippen LogP contribution in [0.25, 0.3) is 0 Å². The third kappa shape index (κ3) is 9.07. The predicted molar refractivity (Wildman–Crippen MR) is 202 cm³/mol. The van der Waals surface area contributed by atoms with E-state index in [1.807, 2.05) is 123 Å². The highest BCUT2D eigenvalue weighted by Crippen LogP contribution is 2.78. The Labute approximate surface area is 293 Å². The molecule has 0 spiro atoms. The van der Waals surface area contributed by atoms with Gasteiger partial charge in [-0.15, -0.1) is 0 Å². The van der Waals surface area contributed by atoms with Crippen molar-refractivity contribution in [3.63, 3.8) is 0 Å². The lowest BCUT2D eigenvalue weighted by Crippen LogP contribution is -2.11. The van der Waals surface area contributed by atoms with Gasteiger partial charge in [0, 0.05) is 0 Å². The molecule has 0 bridgehead atoms. The number of nitrogens with zero attached hydrogens (tertiary/aromatic N) is 3. The van der Waals surface area contributed by atoms with Crippen molar-refractivity contribution in [2.45, 2.75) is 13.8 Å². The third-order valence-corrected chi connectivity index (χ3v) is 14.6. The van der Waals surface area contributed by atoms with Gasteiger partial charge in [-0.25, -0.2) is 0 Å². The standard InChI is InChI=1S/C36H30N3O6P3.C2H6/c1-7-19-31(20-8-1)40-46(41-32-21-9-2-10-22-32)37-47(42-33-23-11-3-12-24-33,43-34-25-13-4-14-26-34)39-48(38-46,44-35-27-15-5-16-28-35)45-36-29-17-6-18-30-36;1-2/h1-30H;1-2H3. The van der Waals surface area contributed by atoms with E-state index in [4.69, 9.17) is 40.7 Å². The second kappa shape index (κ2) is 16.5. The molecular formula is C38H36N3O6P3. The summed E-state index contributed by atoms with van der Waals surface area (Å²) in [5.41, 5.74) is 0. The van der Waals surface area contributed by atoms with Gasteiger partial charge in [0.1, 0.15) is 34.5 Å². The van der Waals surface area contributed by atoms with Crippen LogP contribution in [-0.2, 0) is 0 Å². The minimum absolute atomic E-state index is 0.464. The summed E-state index contributed by atoms with van der Waals surface area (Å²) in [6, 6.07) is 55.3. The van der Waals surface area contributed by atoms with Crippen LogP contribution in [0.4, 0.5) is 0 Å². The van der Waals surface area contributed by atoms with E-state index in [2.05, 4.69) is 0 Å². The Kier molecular flexibility index (Phi) is 11.4. The van der Waals surface area contributed by atoms with Crippen LogP contribution in [0.3, 0.4) is 0 Å². The first-order valence-electron chi connectivity index (χ1n) is 16.0. The zero-order valence-electron chi connectivity index (χ0n) is 27.5. The SMILES string of the molecule is CC.c1ccc(OP2(Oc3ccccc3)=NP(Oc3ccccc3)(Oc3ccccc3)=NP(Oc3ccccc3)(Oc3ccccc3)=N2)cc1. The van der Waals surface area contributed by atoms with Gasteiger partial charge in [-0.2, -0.15) is 0 Å². The summed E-state index contributed by atoms with van der Waals surface area (Å²) in [5.74, 6) is 2.78. The quantitative estimate of drug-likeness (QED) is 0.117. The molecule has 0 amide bonds. The summed E-state index contributed by atoms with van der Waals surface area (Å²) in [7, 11) is -11.6. The van der Waals surface area contributed by atoms with Gasteiger partial charge in [-0.3, -0.25) is 0 Å². The van der Waals surface area contributed by atoms with Crippen molar-refractivity contribution >= 4 is 23.0 Å². The molecule has 0 aromatic heterocycles. The zero-order chi connectivity index (χ0) is 34.5. The Bertz CT molecular complexity index is 1710. The van der Waals surface area contributed by atoms with Crippen LogP contribution in [0.5, 0.6) is 34.5 Å². The van der Waals surface area contributed by atoms with Gasteiger partial charge in [-0.1, -0.05) is 137 Å². The second-order valence-electron chi connectivity index (χ2n) is 10.2. The van der Waals surface area contributed by atoms with E-state index in [-0.39, 0.29) is 0 Å². The van der Waals surface area contributed by atoms with Gasteiger partial charge >= 0.3 is 23.0 Å². The Morgan fingerprint density at radius 3 is 0.540 bits per heavy atom. The molecule has 1 aliphatic rings. The normalized spacial score (nSPS) is 14.8. The molecule has 12 heteroatoms. The van der Waals surface area contributed by atoms with Crippen LogP contribution in [0, 0.1) is 0 Å². The summed E-state index contributed by atoms with van der Waals surface area (Å²) >= 11 is 0. The first-order valence-corrected chi connectivity index (χ1v) is 20.6. The lowest BCUT2D eigenvalue weighted by molar-refractivity contribution is 0.443. The van der Waals surface area contributed by atoms with Crippen LogP contribution >= 0.6 is 23.0 Å². The molecule has 0 fully saturated rings. The first kappa shape index (κ1) is 34.7. The van der Waals surface area contributed by atoms with E-state index in [0.29, 0.717) is 34.5 Å². The number of rotatable bonds is 12. The molecule has 1 heterocycles. The van der Waals surface area contributed by atoms with E-state index in [1.54, 1.807) is 72.8 Å². The predicted octanol–water partition coefficient (Wildman–Crippen LogP) is 13.3. The molecule has 0 N–H and O–H groups in total. The molecule has 0 unspecified atom stereocenters. The summed E-state index contributed by atoms with van der Waals surface area (Å²) in [4.78, 5) is 0. The summed E-state index contributed by atoms with van der Waals surface area (Å²) in [6.45, 7) is 4.00. The Morgan fingerprint density at radius 2 is 0.400 bits per heavy atom. The van der Waals surface area contributed by atoms with E-state index >= 15 is 0 Å². The number of benzene rings is 6. The van der Waals surface area contributed by atoms with Crippen LogP contribution < -0.4 is 27.1 Å². The molecule has 254 valence electrons. The summed E-state index contributed by atoms with van der Waals surface area (Å²) in [6.07, 6.45) is 0. The molecule has 9 nitrogen and oxygen atoms in total. The maximum atomic E-state index is 6.74. The average molecular weight is 724 g/mol. The molecule has 0 atom stereocenters. The molecule has 0 saturated heterocycles. The molecule has 7 rings (SSSR count). The molecule has 0 saturated carbocycles. The molecule has 6 aromatic rings. The Hall–Kier alpha value is -5.19. The smallest absolute Gasteiger partial charge is 0.413 e. The van der Waals surface area contributed by atoms with Gasteiger partial charge in [0.25, 0.3) is 0 Å². The maximum Gasteiger partial charge on any atom is 0.460 e. The van der Waals surface area contributed by atoms with Crippen molar-refractivity contribution in [3.05, 3.63) is 182 Å². The topological polar surface area (TPSA) is 92.5 Å². The highest BCUT2D eigenvalue weighted by Gasteiger charge is 2.48. The van der Waals surface area contributed by atoms with Crippen LogP contribution in [0.15, 0.2) is 196 Å². The number of hydrogen-bond acceptors (Lipinski definition) is 9. The van der Waals surface area contributed by atoms with Gasteiger partial charge in [-0.05, 0) is 72.8 Å². The first-order chi connectivity index (χ1) is 24.6. The highest BCUT2D eigenvalue weighted by atomic mass is 31.3. The van der Waals surface area contributed by atoms with E-state index in [0.717, 1.165) is 0 Å². The lowest BCUT2D eigenvalue weighted by Gasteiger charge is -2.33. The minimum atomic E-state index is -3.87. The van der Waals surface area contributed by atoms with Gasteiger partial charge in [0.15, 0.2) is 0 Å². The largest absolute Gasteiger partial charge is 0.460 e. The van der Waals surface area contributed by atoms with E-state index in [1.165, 1.54) is 0 Å². The Morgan fingerprint density at radius 1 is 0.260 bits per heavy atom. The number of hydrogen-bond donors (Lipinski definition) is 0. The van der Waals surface area contributed by atoms with Crippen LogP contribution in [0.1, 0.15) is 13.8 Å². The van der Waals surface area contributed by atoms with Gasteiger partial charge in [0.05, 0.1) is 0 Å². The molecule has 50 heavy (non-hydrogen) atoms. The molecule has 6 aromatic carbocycles. The summed E-state index contributed by atoms with van der Waals surface area (Å²) < 4.78 is 56.0. The highest BCUT2D eigenvalue weighted by molar-refractivity contribution is 7.79. The van der Waals surface area contributed by atoms with Crippen molar-refractivity contribution in [3.8, 4) is 34.5 Å². The monoisotopic (exact) mass is 723 g/mol. The summed E-state index contributed by atoms with van der Waals surface area (Å²) in [5, 5.41) is 0. The molecule has 0 aliphatic carbocycles. The maximum absolute atomic E-state index is 6.74. The fraction of sp³-hybridized carbons (Fsp3) is 0.0526. The zero-order valence-corrected chi connectivity index (χ0v) is 30.1. The van der Waals surface area contributed by atoms with E-state index in [9.17, 15) is 0 Å². The van der Waals surface area contributed by atoms with Crippen molar-refractivity contribution in [1.82, 2.24) is 0 Å². The lowest BCUT2D eigenvalue weighted by atomic mass is 10.3. The van der Waals surface area contributed by atoms with Gasteiger partial charge < -0.3 is 27.1 Å². The Balaban J connectivity index is 0.00000212. The third-order valence-electron chi connectivity index (χ3n) is 6.48. The van der Waals surface area contributed by atoms with Crippen LogP contribution in [-0.4, -0.2) is 0 Å². The second-order valence-corrected chi connectivity index (χ2v) is 16.4.